The van der Waals surface area contributed by atoms with Crippen molar-refractivity contribution in [3.8, 4) is 5.75 Å². The monoisotopic (exact) mass is 544 g/mol. The molecule has 1 N–H and O–H groups in total. The first-order chi connectivity index (χ1) is 19.5. The number of ether oxygens (including phenoxy) is 1. The van der Waals surface area contributed by atoms with Gasteiger partial charge in [-0.15, -0.1) is 5.10 Å². The number of anilines is 1. The highest BCUT2D eigenvalue weighted by Crippen LogP contribution is 2.35. The van der Waals surface area contributed by atoms with Crippen molar-refractivity contribution in [2.75, 3.05) is 37.7 Å². The van der Waals surface area contributed by atoms with Crippen LogP contribution in [0, 0.1) is 10.1 Å². The Morgan fingerprint density at radius 2 is 1.82 bits per heavy atom. The summed E-state index contributed by atoms with van der Waals surface area (Å²) in [5.74, 6) is 1.43. The zero-order chi connectivity index (χ0) is 27.6. The molecule has 0 radical (unpaired) electrons. The SMILES string of the molecule is CCOc1ccc2[nH]c(=O)c([C@H](c3nnnn3C3CCCC3)N3CCN(c4ccc([N+](=O)[O-])cc4)CC3)cc2c1. The molecule has 1 atom stereocenters. The second-order valence-electron chi connectivity index (χ2n) is 10.4. The third kappa shape index (κ3) is 5.02. The van der Waals surface area contributed by atoms with Gasteiger partial charge in [0, 0.05) is 60.5 Å². The van der Waals surface area contributed by atoms with Gasteiger partial charge in [0.1, 0.15) is 11.8 Å². The summed E-state index contributed by atoms with van der Waals surface area (Å²) in [5.41, 5.74) is 2.18. The molecule has 1 aliphatic carbocycles. The number of hydrogen-bond acceptors (Lipinski definition) is 9. The van der Waals surface area contributed by atoms with Gasteiger partial charge in [-0.25, -0.2) is 4.68 Å². The van der Waals surface area contributed by atoms with Crippen molar-refractivity contribution in [3.63, 3.8) is 0 Å². The molecule has 1 aliphatic heterocycles. The van der Waals surface area contributed by atoms with Crippen LogP contribution in [0.4, 0.5) is 11.4 Å². The zero-order valence-electron chi connectivity index (χ0n) is 22.4. The van der Waals surface area contributed by atoms with Gasteiger partial charge in [0.2, 0.25) is 0 Å². The molecule has 0 amide bonds. The number of nitro groups is 1. The zero-order valence-corrected chi connectivity index (χ0v) is 22.4. The second kappa shape index (κ2) is 11.0. The van der Waals surface area contributed by atoms with Crippen LogP contribution in [0.2, 0.25) is 0 Å². The molecule has 6 rings (SSSR count). The fourth-order valence-corrected chi connectivity index (χ4v) is 5.97. The predicted octanol–water partition coefficient (Wildman–Crippen LogP) is 3.85. The van der Waals surface area contributed by atoms with Crippen LogP contribution in [0.1, 0.15) is 56.1 Å². The fraction of sp³-hybridized carbons (Fsp3) is 0.429. The van der Waals surface area contributed by atoms with Crippen LogP contribution < -0.4 is 15.2 Å². The summed E-state index contributed by atoms with van der Waals surface area (Å²) in [6.07, 6.45) is 4.31. The molecule has 0 unspecified atom stereocenters. The molecule has 0 spiro atoms. The maximum Gasteiger partial charge on any atom is 0.269 e. The minimum absolute atomic E-state index is 0.0734. The van der Waals surface area contributed by atoms with E-state index in [9.17, 15) is 14.9 Å². The maximum atomic E-state index is 13.6. The second-order valence-corrected chi connectivity index (χ2v) is 10.4. The Labute approximate surface area is 230 Å². The molecular formula is C28H32N8O4. The molecule has 1 saturated carbocycles. The van der Waals surface area contributed by atoms with E-state index in [4.69, 9.17) is 4.74 Å². The molecule has 2 fully saturated rings. The van der Waals surface area contributed by atoms with Crippen molar-refractivity contribution in [2.24, 2.45) is 0 Å². The summed E-state index contributed by atoms with van der Waals surface area (Å²) in [6.45, 7) is 5.21. The average Bonchev–Trinajstić information content (AvgIpc) is 3.67. The lowest BCUT2D eigenvalue weighted by atomic mass is 10.0. The standard InChI is InChI=1S/C28H32N8O4/c1-2-40-23-11-12-25-19(17-23)18-24(28(37)29-25)26(27-30-31-32-35(27)21-5-3-4-6-21)34-15-13-33(14-16-34)20-7-9-22(10-8-20)36(38)39/h7-12,17-18,21,26H,2-6,13-16H2,1H3,(H,29,37)/t26-/m1/s1. The normalized spacial score (nSPS) is 17.4. The number of nitro benzene ring substituents is 1. The van der Waals surface area contributed by atoms with Crippen molar-refractivity contribution in [3.05, 3.63) is 80.4 Å². The van der Waals surface area contributed by atoms with Crippen LogP contribution in [0.5, 0.6) is 5.75 Å². The summed E-state index contributed by atoms with van der Waals surface area (Å²) in [4.78, 5) is 31.8. The Hall–Kier alpha value is -4.32. The molecule has 2 aliphatic rings. The van der Waals surface area contributed by atoms with E-state index in [-0.39, 0.29) is 22.2 Å². The molecule has 4 aromatic rings. The number of piperazine rings is 1. The Morgan fingerprint density at radius 3 is 2.52 bits per heavy atom. The molecule has 12 nitrogen and oxygen atoms in total. The maximum absolute atomic E-state index is 13.6. The number of hydrogen-bond donors (Lipinski definition) is 1. The van der Waals surface area contributed by atoms with Gasteiger partial charge in [-0.3, -0.25) is 19.8 Å². The molecule has 2 aromatic heterocycles. The highest BCUT2D eigenvalue weighted by Gasteiger charge is 2.35. The lowest BCUT2D eigenvalue weighted by Crippen LogP contribution is -2.49. The summed E-state index contributed by atoms with van der Waals surface area (Å²) in [7, 11) is 0. The molecule has 1 saturated heterocycles. The van der Waals surface area contributed by atoms with E-state index in [0.29, 0.717) is 44.2 Å². The molecule has 208 valence electrons. The molecule has 0 bridgehead atoms. The highest BCUT2D eigenvalue weighted by atomic mass is 16.6. The van der Waals surface area contributed by atoms with Crippen LogP contribution in [-0.4, -0.2) is 67.8 Å². The largest absolute Gasteiger partial charge is 0.494 e. The predicted molar refractivity (Wildman–Crippen MR) is 150 cm³/mol. The number of H-pyrrole nitrogens is 1. The lowest BCUT2D eigenvalue weighted by Gasteiger charge is -2.39. The van der Waals surface area contributed by atoms with Gasteiger partial charge in [0.15, 0.2) is 5.82 Å². The van der Waals surface area contributed by atoms with E-state index < -0.39 is 6.04 Å². The number of aromatic amines is 1. The molecule has 3 heterocycles. The highest BCUT2D eigenvalue weighted by molar-refractivity contribution is 5.80. The van der Waals surface area contributed by atoms with Gasteiger partial charge in [-0.05, 0) is 66.6 Å². The topological polar surface area (TPSA) is 135 Å². The van der Waals surface area contributed by atoms with Gasteiger partial charge in [0.05, 0.1) is 17.6 Å². The minimum Gasteiger partial charge on any atom is -0.494 e. The number of aromatic nitrogens is 5. The molecule has 2 aromatic carbocycles. The number of non-ortho nitro benzene ring substituents is 1. The number of nitrogens with zero attached hydrogens (tertiary/aromatic N) is 7. The minimum atomic E-state index is -0.432. The number of rotatable bonds is 8. The lowest BCUT2D eigenvalue weighted by molar-refractivity contribution is -0.384. The number of tetrazole rings is 1. The third-order valence-electron chi connectivity index (χ3n) is 7.99. The van der Waals surface area contributed by atoms with Crippen LogP contribution >= 0.6 is 0 Å². The summed E-state index contributed by atoms with van der Waals surface area (Å²) >= 11 is 0. The van der Waals surface area contributed by atoms with Crippen LogP contribution in [-0.2, 0) is 0 Å². The van der Waals surface area contributed by atoms with Gasteiger partial charge in [-0.2, -0.15) is 0 Å². The van der Waals surface area contributed by atoms with Crippen molar-refractivity contribution < 1.29 is 9.66 Å². The molecule has 12 heteroatoms. The van der Waals surface area contributed by atoms with E-state index in [1.165, 1.54) is 12.1 Å². The van der Waals surface area contributed by atoms with Crippen LogP contribution in [0.25, 0.3) is 10.9 Å². The molecule has 40 heavy (non-hydrogen) atoms. The smallest absolute Gasteiger partial charge is 0.269 e. The Kier molecular flexibility index (Phi) is 7.16. The van der Waals surface area contributed by atoms with E-state index in [1.807, 2.05) is 35.9 Å². The number of fused-ring (bicyclic) bond motifs is 1. The first-order valence-corrected chi connectivity index (χ1v) is 13.8. The fourth-order valence-electron chi connectivity index (χ4n) is 5.97. The van der Waals surface area contributed by atoms with Gasteiger partial charge < -0.3 is 14.6 Å². The van der Waals surface area contributed by atoms with Crippen LogP contribution in [0.15, 0.2) is 53.3 Å². The Balaban J connectivity index is 1.35. The van der Waals surface area contributed by atoms with E-state index in [2.05, 4.69) is 30.3 Å². The van der Waals surface area contributed by atoms with Crippen LogP contribution in [0.3, 0.4) is 0 Å². The first-order valence-electron chi connectivity index (χ1n) is 13.8. The van der Waals surface area contributed by atoms with Crippen molar-refractivity contribution in [2.45, 2.75) is 44.7 Å². The van der Waals surface area contributed by atoms with Crippen molar-refractivity contribution in [1.29, 1.82) is 0 Å². The van der Waals surface area contributed by atoms with E-state index in [0.717, 1.165) is 48.0 Å². The third-order valence-corrected chi connectivity index (χ3v) is 7.99. The van der Waals surface area contributed by atoms with Gasteiger partial charge in [0.25, 0.3) is 11.2 Å². The number of pyridine rings is 1. The van der Waals surface area contributed by atoms with Gasteiger partial charge in [-0.1, -0.05) is 12.8 Å². The molecular weight excluding hydrogens is 512 g/mol. The first kappa shape index (κ1) is 25.9. The van der Waals surface area contributed by atoms with E-state index >= 15 is 0 Å². The average molecular weight is 545 g/mol. The van der Waals surface area contributed by atoms with E-state index in [1.54, 1.807) is 12.1 Å². The Morgan fingerprint density at radius 1 is 1.07 bits per heavy atom. The quantitative estimate of drug-likeness (QED) is 0.259. The number of benzene rings is 2. The Bertz CT molecular complexity index is 1550. The van der Waals surface area contributed by atoms with Crippen molar-refractivity contribution >= 4 is 22.3 Å². The summed E-state index contributed by atoms with van der Waals surface area (Å²) in [6, 6.07) is 14.0. The number of nitrogens with one attached hydrogen (secondary N) is 1. The van der Waals surface area contributed by atoms with Crippen molar-refractivity contribution in [1.82, 2.24) is 30.1 Å². The van der Waals surface area contributed by atoms with Gasteiger partial charge >= 0.3 is 0 Å². The summed E-state index contributed by atoms with van der Waals surface area (Å²) < 4.78 is 7.64. The summed E-state index contributed by atoms with van der Waals surface area (Å²) in [5, 5.41) is 24.9.